The molecular weight excluding hydrogens is 280 g/mol. The van der Waals surface area contributed by atoms with Crippen LogP contribution < -0.4 is 0 Å². The van der Waals surface area contributed by atoms with Gasteiger partial charge in [0.15, 0.2) is 0 Å². The summed E-state index contributed by atoms with van der Waals surface area (Å²) >= 11 is 0. The second-order valence-electron chi connectivity index (χ2n) is 6.80. The van der Waals surface area contributed by atoms with Gasteiger partial charge >= 0.3 is 0 Å². The number of fused-ring (bicyclic) bond motifs is 1. The number of rotatable bonds is 4. The van der Waals surface area contributed by atoms with Crippen LogP contribution in [0.25, 0.3) is 16.3 Å². The van der Waals surface area contributed by atoms with Gasteiger partial charge in [0.1, 0.15) is 6.29 Å². The van der Waals surface area contributed by atoms with Crippen LogP contribution in [0.15, 0.2) is 72.3 Å². The zero-order valence-corrected chi connectivity index (χ0v) is 14.3. The van der Waals surface area contributed by atoms with E-state index in [-0.39, 0.29) is 5.41 Å². The summed E-state index contributed by atoms with van der Waals surface area (Å²) in [7, 11) is 0. The van der Waals surface area contributed by atoms with Crippen molar-refractivity contribution in [2.24, 2.45) is 5.41 Å². The molecule has 0 spiro atoms. The summed E-state index contributed by atoms with van der Waals surface area (Å²) in [6.07, 6.45) is 8.51. The summed E-state index contributed by atoms with van der Waals surface area (Å²) in [5, 5.41) is 2.51. The van der Waals surface area contributed by atoms with Gasteiger partial charge < -0.3 is 0 Å². The first-order valence-electron chi connectivity index (χ1n) is 7.92. The lowest BCUT2D eigenvalue weighted by Crippen LogP contribution is -2.08. The SMILES string of the molecule is CC(/C=C/C=C(/c1ccc2ccccc2c1)C(C)(C)C)=C\C=O. The molecule has 0 aliphatic rings. The molecule has 0 aromatic heterocycles. The van der Waals surface area contributed by atoms with E-state index in [1.165, 1.54) is 21.9 Å². The lowest BCUT2D eigenvalue weighted by molar-refractivity contribution is -0.104. The maximum Gasteiger partial charge on any atom is 0.143 e. The number of carbonyl (C=O) groups excluding carboxylic acids is 1. The second kappa shape index (κ2) is 7.23. The number of benzene rings is 2. The quantitative estimate of drug-likeness (QED) is 0.386. The lowest BCUT2D eigenvalue weighted by atomic mass is 9.81. The molecule has 0 radical (unpaired) electrons. The number of hydrogen-bond acceptors (Lipinski definition) is 1. The Labute approximate surface area is 139 Å². The number of aldehydes is 1. The summed E-state index contributed by atoms with van der Waals surface area (Å²) in [4.78, 5) is 10.5. The van der Waals surface area contributed by atoms with Crippen molar-refractivity contribution in [1.82, 2.24) is 0 Å². The molecule has 0 N–H and O–H groups in total. The van der Waals surface area contributed by atoms with Gasteiger partial charge in [-0.3, -0.25) is 4.79 Å². The molecule has 0 atom stereocenters. The highest BCUT2D eigenvalue weighted by Crippen LogP contribution is 2.35. The molecule has 0 saturated heterocycles. The third-order valence-corrected chi connectivity index (χ3v) is 3.82. The van der Waals surface area contributed by atoms with E-state index in [9.17, 15) is 4.79 Å². The van der Waals surface area contributed by atoms with Crippen LogP contribution in [0.4, 0.5) is 0 Å². The van der Waals surface area contributed by atoms with Gasteiger partial charge in [-0.1, -0.05) is 75.4 Å². The fourth-order valence-corrected chi connectivity index (χ4v) is 2.60. The van der Waals surface area contributed by atoms with Crippen LogP contribution in [-0.2, 0) is 4.79 Å². The van der Waals surface area contributed by atoms with Gasteiger partial charge in [0, 0.05) is 0 Å². The van der Waals surface area contributed by atoms with Crippen molar-refractivity contribution in [3.8, 4) is 0 Å². The first-order valence-corrected chi connectivity index (χ1v) is 7.92. The van der Waals surface area contributed by atoms with Crippen LogP contribution in [0.1, 0.15) is 33.3 Å². The Hall–Kier alpha value is -2.41. The highest BCUT2D eigenvalue weighted by molar-refractivity contribution is 5.87. The highest BCUT2D eigenvalue weighted by Gasteiger charge is 2.18. The molecule has 23 heavy (non-hydrogen) atoms. The summed E-state index contributed by atoms with van der Waals surface area (Å²) in [5.74, 6) is 0. The van der Waals surface area contributed by atoms with Crippen LogP contribution in [0, 0.1) is 5.41 Å². The molecule has 0 aliphatic heterocycles. The molecule has 0 saturated carbocycles. The molecule has 2 aromatic rings. The van der Waals surface area contributed by atoms with Crippen molar-refractivity contribution in [1.29, 1.82) is 0 Å². The van der Waals surface area contributed by atoms with Crippen molar-refractivity contribution in [3.05, 3.63) is 77.9 Å². The number of hydrogen-bond donors (Lipinski definition) is 0. The van der Waals surface area contributed by atoms with Gasteiger partial charge in [0.25, 0.3) is 0 Å². The van der Waals surface area contributed by atoms with Crippen molar-refractivity contribution in [2.45, 2.75) is 27.7 Å². The topological polar surface area (TPSA) is 17.1 Å². The average Bonchev–Trinajstić information content (AvgIpc) is 2.50. The molecular formula is C22H24O. The molecule has 0 fully saturated rings. The molecule has 0 bridgehead atoms. The van der Waals surface area contributed by atoms with Gasteiger partial charge in [-0.15, -0.1) is 0 Å². The van der Waals surface area contributed by atoms with Crippen LogP contribution in [0.2, 0.25) is 0 Å². The molecule has 0 heterocycles. The monoisotopic (exact) mass is 304 g/mol. The second-order valence-corrected chi connectivity index (χ2v) is 6.80. The van der Waals surface area contributed by atoms with Crippen LogP contribution in [-0.4, -0.2) is 6.29 Å². The summed E-state index contributed by atoms with van der Waals surface area (Å²) in [6.45, 7) is 8.58. The van der Waals surface area contributed by atoms with Gasteiger partial charge in [0.05, 0.1) is 0 Å². The average molecular weight is 304 g/mol. The number of allylic oxidation sites excluding steroid dienone is 6. The van der Waals surface area contributed by atoms with Crippen LogP contribution >= 0.6 is 0 Å². The molecule has 1 heteroatoms. The lowest BCUT2D eigenvalue weighted by Gasteiger charge is -2.23. The van der Waals surface area contributed by atoms with Crippen molar-refractivity contribution in [3.63, 3.8) is 0 Å². The molecule has 0 amide bonds. The van der Waals surface area contributed by atoms with E-state index in [2.05, 4.69) is 69.3 Å². The Balaban J connectivity index is 2.45. The molecule has 2 rings (SSSR count). The Bertz CT molecular complexity index is 783. The van der Waals surface area contributed by atoms with Crippen molar-refractivity contribution < 1.29 is 4.79 Å². The van der Waals surface area contributed by atoms with E-state index in [1.54, 1.807) is 6.08 Å². The molecule has 0 aliphatic carbocycles. The minimum absolute atomic E-state index is 0.0368. The largest absolute Gasteiger partial charge is 0.299 e. The van der Waals surface area contributed by atoms with Gasteiger partial charge in [0.2, 0.25) is 0 Å². The third-order valence-electron chi connectivity index (χ3n) is 3.82. The minimum atomic E-state index is 0.0368. The maximum absolute atomic E-state index is 10.5. The third kappa shape index (κ3) is 4.53. The van der Waals surface area contributed by atoms with E-state index in [1.807, 2.05) is 19.1 Å². The van der Waals surface area contributed by atoms with Gasteiger partial charge in [-0.05, 0) is 52.0 Å². The molecule has 2 aromatic carbocycles. The zero-order valence-electron chi connectivity index (χ0n) is 14.3. The van der Waals surface area contributed by atoms with Gasteiger partial charge in [-0.25, -0.2) is 0 Å². The Morgan fingerprint density at radius 3 is 2.30 bits per heavy atom. The number of carbonyl (C=O) groups is 1. The standard InChI is InChI=1S/C22H24O/c1-17(14-15-23)8-7-11-21(22(2,3)4)20-13-12-18-9-5-6-10-19(18)16-20/h5-16H,1-4H3/b8-7+,17-14+,21-11-. The smallest absolute Gasteiger partial charge is 0.143 e. The first-order chi connectivity index (χ1) is 10.9. The van der Waals surface area contributed by atoms with E-state index in [0.29, 0.717) is 0 Å². The Kier molecular flexibility index (Phi) is 5.33. The van der Waals surface area contributed by atoms with E-state index >= 15 is 0 Å². The van der Waals surface area contributed by atoms with E-state index in [0.717, 1.165) is 11.9 Å². The summed E-state index contributed by atoms with van der Waals surface area (Å²) < 4.78 is 0. The van der Waals surface area contributed by atoms with Gasteiger partial charge in [-0.2, -0.15) is 0 Å². The fraction of sp³-hybridized carbons (Fsp3) is 0.227. The van der Waals surface area contributed by atoms with Crippen molar-refractivity contribution in [2.75, 3.05) is 0 Å². The fourth-order valence-electron chi connectivity index (χ4n) is 2.60. The van der Waals surface area contributed by atoms with E-state index in [4.69, 9.17) is 0 Å². The highest BCUT2D eigenvalue weighted by atomic mass is 16.1. The maximum atomic E-state index is 10.5. The first kappa shape index (κ1) is 17.0. The predicted octanol–water partition coefficient (Wildman–Crippen LogP) is 5.97. The zero-order chi connectivity index (χ0) is 16.9. The normalized spacial score (nSPS) is 13.7. The van der Waals surface area contributed by atoms with Crippen LogP contribution in [0.5, 0.6) is 0 Å². The Morgan fingerprint density at radius 1 is 0.957 bits per heavy atom. The predicted molar refractivity (Wildman–Crippen MR) is 100 cm³/mol. The molecule has 1 nitrogen and oxygen atoms in total. The molecule has 118 valence electrons. The van der Waals surface area contributed by atoms with E-state index < -0.39 is 0 Å². The summed E-state index contributed by atoms with van der Waals surface area (Å²) in [6, 6.07) is 15.0. The summed E-state index contributed by atoms with van der Waals surface area (Å²) in [5.41, 5.74) is 3.49. The minimum Gasteiger partial charge on any atom is -0.299 e. The van der Waals surface area contributed by atoms with Crippen molar-refractivity contribution >= 4 is 22.6 Å². The Morgan fingerprint density at radius 2 is 1.65 bits per heavy atom. The van der Waals surface area contributed by atoms with Crippen LogP contribution in [0.3, 0.4) is 0 Å². The molecule has 0 unspecified atom stereocenters.